The average Bonchev–Trinajstić information content (AvgIpc) is 2.55. The molecule has 0 radical (unpaired) electrons. The van der Waals surface area contributed by atoms with Crippen molar-refractivity contribution >= 4 is 29.1 Å². The fourth-order valence-corrected chi connectivity index (χ4v) is 2.03. The maximum atomic E-state index is 12.7. The topological polar surface area (TPSA) is 111 Å². The third-order valence-corrected chi connectivity index (χ3v) is 3.13. The Hall–Kier alpha value is -3.63. The number of nitro benzene ring substituents is 1. The van der Waals surface area contributed by atoms with E-state index in [9.17, 15) is 32.9 Å². The van der Waals surface area contributed by atoms with E-state index in [1.165, 1.54) is 6.07 Å². The lowest BCUT2D eigenvalue weighted by Gasteiger charge is -2.12. The standard InChI is InChI=1S/C16H12F3N3O5/c1-9(23)27-14-8-12(22(25)26)5-6-13(14)21-15(24)20-11-4-2-3-10(7-11)16(17,18)19/h2-8H,1H3,(H2,20,21,24). The molecule has 11 heteroatoms. The van der Waals surface area contributed by atoms with Gasteiger partial charge in [-0.2, -0.15) is 13.2 Å². The fourth-order valence-electron chi connectivity index (χ4n) is 2.03. The number of benzene rings is 2. The minimum Gasteiger partial charge on any atom is -0.424 e. The first-order valence-electron chi connectivity index (χ1n) is 7.28. The maximum Gasteiger partial charge on any atom is 0.416 e. The Morgan fingerprint density at radius 1 is 1.11 bits per heavy atom. The van der Waals surface area contributed by atoms with Crippen LogP contribution in [0.1, 0.15) is 12.5 Å². The molecule has 2 rings (SSSR count). The van der Waals surface area contributed by atoms with E-state index in [2.05, 4.69) is 10.6 Å². The largest absolute Gasteiger partial charge is 0.424 e. The van der Waals surface area contributed by atoms with Crippen LogP contribution in [-0.2, 0) is 11.0 Å². The molecule has 0 aromatic heterocycles. The summed E-state index contributed by atoms with van der Waals surface area (Å²) >= 11 is 0. The van der Waals surface area contributed by atoms with E-state index in [1.807, 2.05) is 0 Å². The Kier molecular flexibility index (Phi) is 5.63. The highest BCUT2D eigenvalue weighted by molar-refractivity contribution is 6.01. The molecule has 0 bridgehead atoms. The Bertz CT molecular complexity index is 899. The van der Waals surface area contributed by atoms with Gasteiger partial charge in [-0.25, -0.2) is 4.79 Å². The lowest BCUT2D eigenvalue weighted by atomic mass is 10.2. The summed E-state index contributed by atoms with van der Waals surface area (Å²) in [7, 11) is 0. The summed E-state index contributed by atoms with van der Waals surface area (Å²) < 4.78 is 42.9. The maximum absolute atomic E-state index is 12.7. The lowest BCUT2D eigenvalue weighted by Crippen LogP contribution is -2.20. The van der Waals surface area contributed by atoms with E-state index in [4.69, 9.17) is 4.74 Å². The highest BCUT2D eigenvalue weighted by Gasteiger charge is 2.30. The summed E-state index contributed by atoms with van der Waals surface area (Å²) in [5, 5.41) is 15.3. The molecule has 2 aromatic rings. The number of urea groups is 1. The van der Waals surface area contributed by atoms with Gasteiger partial charge >= 0.3 is 18.2 Å². The first kappa shape index (κ1) is 19.7. The third kappa shape index (κ3) is 5.42. The second-order valence-corrected chi connectivity index (χ2v) is 5.19. The molecular weight excluding hydrogens is 371 g/mol. The van der Waals surface area contributed by atoms with E-state index in [1.54, 1.807) is 0 Å². The molecule has 8 nitrogen and oxygen atoms in total. The second-order valence-electron chi connectivity index (χ2n) is 5.19. The molecule has 0 aliphatic heterocycles. The van der Waals surface area contributed by atoms with E-state index < -0.39 is 28.7 Å². The number of ether oxygens (including phenoxy) is 1. The Balaban J connectivity index is 2.20. The Morgan fingerprint density at radius 2 is 1.81 bits per heavy atom. The van der Waals surface area contributed by atoms with Crippen LogP contribution < -0.4 is 15.4 Å². The summed E-state index contributed by atoms with van der Waals surface area (Å²) in [6, 6.07) is 6.14. The Labute approximate surface area is 150 Å². The molecule has 0 aliphatic carbocycles. The smallest absolute Gasteiger partial charge is 0.416 e. The van der Waals surface area contributed by atoms with Crippen molar-refractivity contribution in [3.05, 3.63) is 58.1 Å². The quantitative estimate of drug-likeness (QED) is 0.356. The molecule has 0 saturated carbocycles. The summed E-state index contributed by atoms with van der Waals surface area (Å²) in [6.07, 6.45) is -4.57. The summed E-state index contributed by atoms with van der Waals surface area (Å²) in [5.41, 5.74) is -1.54. The van der Waals surface area contributed by atoms with Crippen molar-refractivity contribution in [2.24, 2.45) is 0 Å². The van der Waals surface area contributed by atoms with Crippen LogP contribution in [0.4, 0.5) is 35.0 Å². The predicted octanol–water partition coefficient (Wildman–Crippen LogP) is 4.18. The molecule has 0 spiro atoms. The van der Waals surface area contributed by atoms with Gasteiger partial charge in [0.15, 0.2) is 5.75 Å². The van der Waals surface area contributed by atoms with Crippen molar-refractivity contribution in [1.29, 1.82) is 0 Å². The molecule has 0 unspecified atom stereocenters. The van der Waals surface area contributed by atoms with E-state index in [0.29, 0.717) is 0 Å². The minimum atomic E-state index is -4.57. The predicted molar refractivity (Wildman–Crippen MR) is 88.5 cm³/mol. The number of anilines is 2. The fraction of sp³-hybridized carbons (Fsp3) is 0.125. The number of alkyl halides is 3. The number of carbonyl (C=O) groups excluding carboxylic acids is 2. The van der Waals surface area contributed by atoms with Crippen molar-refractivity contribution < 1.29 is 32.4 Å². The zero-order chi connectivity index (χ0) is 20.2. The van der Waals surface area contributed by atoms with Gasteiger partial charge in [0.05, 0.1) is 22.2 Å². The van der Waals surface area contributed by atoms with Crippen LogP contribution in [0.5, 0.6) is 5.75 Å². The van der Waals surface area contributed by atoms with Gasteiger partial charge in [-0.3, -0.25) is 14.9 Å². The van der Waals surface area contributed by atoms with Crippen molar-refractivity contribution in [3.63, 3.8) is 0 Å². The van der Waals surface area contributed by atoms with Gasteiger partial charge in [-0.1, -0.05) is 6.07 Å². The molecule has 27 heavy (non-hydrogen) atoms. The number of nitro groups is 1. The zero-order valence-corrected chi connectivity index (χ0v) is 13.7. The molecule has 0 aliphatic rings. The minimum absolute atomic E-state index is 0.0831. The number of hydrogen-bond donors (Lipinski definition) is 2. The van der Waals surface area contributed by atoms with Crippen LogP contribution >= 0.6 is 0 Å². The second kappa shape index (κ2) is 7.72. The summed E-state index contributed by atoms with van der Waals surface area (Å²) in [4.78, 5) is 33.2. The van der Waals surface area contributed by atoms with Gasteiger partial charge in [-0.05, 0) is 24.3 Å². The number of amides is 2. The van der Waals surface area contributed by atoms with Gasteiger partial charge < -0.3 is 15.4 Å². The number of nitrogens with one attached hydrogen (secondary N) is 2. The number of hydrogen-bond acceptors (Lipinski definition) is 5. The van der Waals surface area contributed by atoms with Gasteiger partial charge in [0, 0.05) is 18.7 Å². The van der Waals surface area contributed by atoms with Crippen LogP contribution in [0, 0.1) is 10.1 Å². The van der Waals surface area contributed by atoms with Gasteiger partial charge in [0.25, 0.3) is 5.69 Å². The lowest BCUT2D eigenvalue weighted by molar-refractivity contribution is -0.384. The third-order valence-electron chi connectivity index (χ3n) is 3.13. The highest BCUT2D eigenvalue weighted by Crippen LogP contribution is 2.31. The van der Waals surface area contributed by atoms with E-state index in [-0.39, 0.29) is 22.8 Å². The van der Waals surface area contributed by atoms with E-state index in [0.717, 1.165) is 43.3 Å². The average molecular weight is 383 g/mol. The summed E-state index contributed by atoms with van der Waals surface area (Å²) in [5.74, 6) is -1.06. The van der Waals surface area contributed by atoms with Crippen LogP contribution in [0.3, 0.4) is 0 Å². The summed E-state index contributed by atoms with van der Waals surface area (Å²) in [6.45, 7) is 1.06. The van der Waals surface area contributed by atoms with Crippen molar-refractivity contribution in [2.75, 3.05) is 10.6 Å². The van der Waals surface area contributed by atoms with Crippen LogP contribution in [0.2, 0.25) is 0 Å². The zero-order valence-electron chi connectivity index (χ0n) is 13.7. The number of rotatable bonds is 4. The van der Waals surface area contributed by atoms with Crippen molar-refractivity contribution in [2.45, 2.75) is 13.1 Å². The molecule has 2 aromatic carbocycles. The molecule has 0 fully saturated rings. The number of halogens is 3. The number of carbonyl (C=O) groups is 2. The molecule has 2 N–H and O–H groups in total. The highest BCUT2D eigenvalue weighted by atomic mass is 19.4. The number of non-ortho nitro benzene ring substituents is 1. The molecule has 0 saturated heterocycles. The van der Waals surface area contributed by atoms with Crippen LogP contribution in [0.15, 0.2) is 42.5 Å². The van der Waals surface area contributed by atoms with Crippen LogP contribution in [0.25, 0.3) is 0 Å². The normalized spacial score (nSPS) is 10.8. The first-order chi connectivity index (χ1) is 12.6. The van der Waals surface area contributed by atoms with Gasteiger partial charge in [-0.15, -0.1) is 0 Å². The van der Waals surface area contributed by atoms with Crippen LogP contribution in [-0.4, -0.2) is 16.9 Å². The van der Waals surface area contributed by atoms with Crippen molar-refractivity contribution in [1.82, 2.24) is 0 Å². The number of nitrogens with zero attached hydrogens (tertiary/aromatic N) is 1. The molecule has 0 atom stereocenters. The van der Waals surface area contributed by atoms with Crippen molar-refractivity contribution in [3.8, 4) is 5.75 Å². The first-order valence-corrected chi connectivity index (χ1v) is 7.28. The van der Waals surface area contributed by atoms with Gasteiger partial charge in [0.2, 0.25) is 0 Å². The van der Waals surface area contributed by atoms with Gasteiger partial charge in [0.1, 0.15) is 0 Å². The molecule has 2 amide bonds. The molecule has 142 valence electrons. The Morgan fingerprint density at radius 3 is 2.41 bits per heavy atom. The van der Waals surface area contributed by atoms with E-state index >= 15 is 0 Å². The monoisotopic (exact) mass is 383 g/mol. The number of esters is 1. The molecule has 0 heterocycles. The SMILES string of the molecule is CC(=O)Oc1cc([N+](=O)[O-])ccc1NC(=O)Nc1cccc(C(F)(F)F)c1. The molecular formula is C16H12F3N3O5.